The van der Waals surface area contributed by atoms with Crippen molar-refractivity contribution in [1.82, 2.24) is 23.9 Å². The van der Waals surface area contributed by atoms with Crippen molar-refractivity contribution in [1.29, 1.82) is 0 Å². The largest absolute Gasteiger partial charge is 0.481 e. The molecule has 4 heterocycles. The van der Waals surface area contributed by atoms with Gasteiger partial charge >= 0.3 is 5.69 Å². The number of pyridine rings is 1. The summed E-state index contributed by atoms with van der Waals surface area (Å²) in [5.41, 5.74) is 3.36. The number of nitrogens with one attached hydrogen (secondary N) is 1. The van der Waals surface area contributed by atoms with Crippen molar-refractivity contribution in [2.24, 2.45) is 19.5 Å². The summed E-state index contributed by atoms with van der Waals surface area (Å²) in [6, 6.07) is 10.2. The molecule has 1 atom stereocenters. The van der Waals surface area contributed by atoms with Crippen molar-refractivity contribution in [2.45, 2.75) is 32.7 Å². The number of hydrogen-bond acceptors (Lipinski definition) is 7. The van der Waals surface area contributed by atoms with E-state index >= 15 is 4.39 Å². The van der Waals surface area contributed by atoms with E-state index in [0.717, 1.165) is 59.3 Å². The van der Waals surface area contributed by atoms with Crippen LogP contribution in [0.2, 0.25) is 5.02 Å². The molecule has 1 unspecified atom stereocenters. The van der Waals surface area contributed by atoms with E-state index in [1.165, 1.54) is 32.4 Å². The average Bonchev–Trinajstić information content (AvgIpc) is 3.45. The van der Waals surface area contributed by atoms with Crippen molar-refractivity contribution in [3.8, 4) is 28.3 Å². The van der Waals surface area contributed by atoms with Crippen LogP contribution in [0.15, 0.2) is 52.2 Å². The Morgan fingerprint density at radius 3 is 2.49 bits per heavy atom. The predicted molar refractivity (Wildman–Crippen MR) is 184 cm³/mol. The van der Waals surface area contributed by atoms with Gasteiger partial charge in [0.25, 0.3) is 11.5 Å². The molecular formula is C36H36ClFN6O5. The minimum Gasteiger partial charge on any atom is -0.481 e. The van der Waals surface area contributed by atoms with Gasteiger partial charge in [-0.05, 0) is 49.1 Å². The molecule has 2 fully saturated rings. The summed E-state index contributed by atoms with van der Waals surface area (Å²) in [6.07, 6.45) is 2.96. The molecule has 2 saturated heterocycles. The molecule has 4 aromatic rings. The molecule has 254 valence electrons. The van der Waals surface area contributed by atoms with E-state index in [-0.39, 0.29) is 39.2 Å². The fourth-order valence-corrected chi connectivity index (χ4v) is 8.00. The van der Waals surface area contributed by atoms with Gasteiger partial charge < -0.3 is 19.5 Å². The Labute approximate surface area is 286 Å². The first kappa shape index (κ1) is 32.7. The molecule has 2 aromatic heterocycles. The highest BCUT2D eigenvalue weighted by atomic mass is 35.5. The molecule has 2 amide bonds. The Balaban J connectivity index is 1.18. The van der Waals surface area contributed by atoms with Crippen LogP contribution in [0.5, 0.6) is 5.88 Å². The van der Waals surface area contributed by atoms with E-state index in [4.69, 9.17) is 21.3 Å². The van der Waals surface area contributed by atoms with E-state index in [2.05, 4.69) is 10.2 Å². The highest BCUT2D eigenvalue weighted by Gasteiger charge is 2.55. The number of ether oxygens (including phenoxy) is 1. The third kappa shape index (κ3) is 5.34. The lowest BCUT2D eigenvalue weighted by Crippen LogP contribution is -2.72. The smallest absolute Gasteiger partial charge is 0.330 e. The molecule has 13 heteroatoms. The fourth-order valence-electron chi connectivity index (χ4n) is 7.68. The third-order valence-corrected chi connectivity index (χ3v) is 10.6. The first-order chi connectivity index (χ1) is 23.3. The van der Waals surface area contributed by atoms with Crippen LogP contribution in [0.25, 0.3) is 22.4 Å². The third-order valence-electron chi connectivity index (χ3n) is 10.2. The number of nitrogens with zero attached hydrogens (tertiary/aromatic N) is 5. The van der Waals surface area contributed by atoms with Crippen molar-refractivity contribution < 1.29 is 18.7 Å². The molecule has 1 spiro atoms. The molecular weight excluding hydrogens is 651 g/mol. The van der Waals surface area contributed by atoms with Crippen LogP contribution < -0.4 is 21.3 Å². The number of halogens is 2. The molecule has 2 aromatic carbocycles. The van der Waals surface area contributed by atoms with E-state index in [1.54, 1.807) is 33.1 Å². The minimum atomic E-state index is -0.743. The van der Waals surface area contributed by atoms with Crippen LogP contribution in [0.3, 0.4) is 0 Å². The molecule has 0 bridgehead atoms. The molecule has 1 N–H and O–H groups in total. The maximum absolute atomic E-state index is 15.6. The van der Waals surface area contributed by atoms with Gasteiger partial charge in [-0.25, -0.2) is 14.2 Å². The number of likely N-dealkylation sites (tertiary alicyclic amines) is 2. The van der Waals surface area contributed by atoms with Crippen LogP contribution in [0.1, 0.15) is 46.4 Å². The molecule has 2 aliphatic heterocycles. The lowest BCUT2D eigenvalue weighted by molar-refractivity contribution is -0.161. The van der Waals surface area contributed by atoms with Crippen molar-refractivity contribution in [3.63, 3.8) is 0 Å². The second-order valence-corrected chi connectivity index (χ2v) is 13.8. The Hall–Kier alpha value is -4.81. The van der Waals surface area contributed by atoms with Gasteiger partial charge in [0.1, 0.15) is 11.4 Å². The Bertz CT molecular complexity index is 2180. The predicted octanol–water partition coefficient (Wildman–Crippen LogP) is 4.33. The maximum atomic E-state index is 15.6. The molecule has 49 heavy (non-hydrogen) atoms. The number of methoxy groups -OCH3 is 1. The maximum Gasteiger partial charge on any atom is 0.330 e. The van der Waals surface area contributed by atoms with E-state index in [9.17, 15) is 19.2 Å². The zero-order chi connectivity index (χ0) is 34.9. The quantitative estimate of drug-likeness (QED) is 0.321. The van der Waals surface area contributed by atoms with E-state index in [0.29, 0.717) is 28.3 Å². The lowest BCUT2D eigenvalue weighted by Gasteiger charge is -2.61. The second kappa shape index (κ2) is 12.0. The second-order valence-electron chi connectivity index (χ2n) is 13.4. The van der Waals surface area contributed by atoms with E-state index in [1.807, 2.05) is 17.0 Å². The number of amides is 2. The average molecular weight is 687 g/mol. The summed E-state index contributed by atoms with van der Waals surface area (Å²) in [7, 11) is 4.35. The molecule has 1 aliphatic carbocycles. The van der Waals surface area contributed by atoms with Crippen molar-refractivity contribution >= 4 is 29.1 Å². The van der Waals surface area contributed by atoms with Gasteiger partial charge in [0.2, 0.25) is 11.8 Å². The van der Waals surface area contributed by atoms with Crippen molar-refractivity contribution in [2.75, 3.05) is 38.6 Å². The van der Waals surface area contributed by atoms with Gasteiger partial charge in [0, 0.05) is 92.8 Å². The number of aromatic nitrogens is 3. The summed E-state index contributed by atoms with van der Waals surface area (Å²) >= 11 is 7.04. The number of rotatable bonds is 6. The monoisotopic (exact) mass is 686 g/mol. The van der Waals surface area contributed by atoms with E-state index < -0.39 is 23.0 Å². The zero-order valence-electron chi connectivity index (χ0n) is 27.9. The van der Waals surface area contributed by atoms with Crippen LogP contribution >= 0.6 is 11.6 Å². The SMILES string of the molecule is COc1nc(-c2cccc(-c3c(F)ccc(NC(=O)c4cn(C)c(=O)n(C)c4=O)c3C)c2Cl)cc2c1C(N1CC3(CN(C(C)=O)C3)C1)CC2. The first-order valence-electron chi connectivity index (χ1n) is 16.1. The summed E-state index contributed by atoms with van der Waals surface area (Å²) in [4.78, 5) is 58.9. The molecule has 11 nitrogen and oxygen atoms in total. The van der Waals surface area contributed by atoms with Gasteiger partial charge in [-0.15, -0.1) is 0 Å². The van der Waals surface area contributed by atoms with Gasteiger partial charge in [-0.2, -0.15) is 0 Å². The summed E-state index contributed by atoms with van der Waals surface area (Å²) < 4.78 is 23.4. The number of carbonyl (C=O) groups excluding carboxylic acids is 2. The van der Waals surface area contributed by atoms with Gasteiger partial charge in [0.05, 0.1) is 17.8 Å². The number of carbonyl (C=O) groups is 2. The fraction of sp³-hybridized carbons (Fsp3) is 0.361. The van der Waals surface area contributed by atoms with Crippen LogP contribution in [-0.2, 0) is 25.3 Å². The Morgan fingerprint density at radius 2 is 1.80 bits per heavy atom. The minimum absolute atomic E-state index is 0.125. The van der Waals surface area contributed by atoms with Gasteiger partial charge in [0.15, 0.2) is 0 Å². The number of benzene rings is 2. The highest BCUT2D eigenvalue weighted by molar-refractivity contribution is 6.36. The number of aryl methyl sites for hydroxylation is 2. The topological polar surface area (TPSA) is 119 Å². The number of anilines is 1. The number of hydrogen-bond donors (Lipinski definition) is 1. The Kier molecular flexibility index (Phi) is 7.98. The lowest BCUT2D eigenvalue weighted by atomic mass is 9.72. The summed E-state index contributed by atoms with van der Waals surface area (Å²) in [5.74, 6) is -0.614. The molecule has 7 rings (SSSR count). The summed E-state index contributed by atoms with van der Waals surface area (Å²) in [6.45, 7) is 6.77. The molecule has 0 radical (unpaired) electrons. The molecule has 0 saturated carbocycles. The van der Waals surface area contributed by atoms with Crippen molar-refractivity contribution in [3.05, 3.63) is 96.5 Å². The van der Waals surface area contributed by atoms with Crippen LogP contribution in [-0.4, -0.2) is 69.0 Å². The van der Waals surface area contributed by atoms with Crippen LogP contribution in [0, 0.1) is 18.2 Å². The normalized spacial score (nSPS) is 17.8. The zero-order valence-corrected chi connectivity index (χ0v) is 28.7. The van der Waals surface area contributed by atoms with Gasteiger partial charge in [-0.1, -0.05) is 29.8 Å². The van der Waals surface area contributed by atoms with Gasteiger partial charge in [-0.3, -0.25) is 23.9 Å². The van der Waals surface area contributed by atoms with Crippen LogP contribution in [0.4, 0.5) is 10.1 Å². The first-order valence-corrected chi connectivity index (χ1v) is 16.4. The standard InChI is InChI=1S/C36H36ClFN6O5/c1-19-26(39-32(46)24-14-41(3)35(48)42(4)34(24)47)11-10-25(38)29(19)23-8-6-7-22(31(23)37)27-13-21-9-12-28(30(21)33(40-27)49-5)44-17-36(18-44)15-43(16-36)20(2)45/h6-8,10-11,13-14,28H,9,12,15-18H2,1-5H3,(H,39,46). The molecule has 3 aliphatic rings. The number of fused-ring (bicyclic) bond motifs is 1. The Morgan fingerprint density at radius 1 is 1.08 bits per heavy atom. The highest BCUT2D eigenvalue weighted by Crippen LogP contribution is 2.50. The summed E-state index contributed by atoms with van der Waals surface area (Å²) in [5, 5.41) is 2.99.